The molecular weight excluding hydrogens is 276 g/mol. The minimum absolute atomic E-state index is 0.0661. The van der Waals surface area contributed by atoms with E-state index >= 15 is 0 Å². The Morgan fingerprint density at radius 3 is 1.90 bits per heavy atom. The van der Waals surface area contributed by atoms with Crippen molar-refractivity contribution in [2.45, 2.75) is 6.92 Å². The van der Waals surface area contributed by atoms with E-state index in [4.69, 9.17) is 9.47 Å². The van der Waals surface area contributed by atoms with Gasteiger partial charge in [0.2, 0.25) is 0 Å². The van der Waals surface area contributed by atoms with Gasteiger partial charge in [0.1, 0.15) is 0 Å². The van der Waals surface area contributed by atoms with Gasteiger partial charge in [0, 0.05) is 0 Å². The molecule has 0 unspecified atom stereocenters. The third kappa shape index (κ3) is 1.06. The van der Waals surface area contributed by atoms with E-state index in [1.807, 2.05) is 13.0 Å². The average molecular weight is 288 g/mol. The summed E-state index contributed by atoms with van der Waals surface area (Å²) in [6, 6.07) is 0. The lowest BCUT2D eigenvalue weighted by Crippen LogP contribution is -2.64. The van der Waals surface area contributed by atoms with Gasteiger partial charge in [0.25, 0.3) is 0 Å². The lowest BCUT2D eigenvalue weighted by molar-refractivity contribution is -0.168. The van der Waals surface area contributed by atoms with Gasteiger partial charge < -0.3 is 9.47 Å². The zero-order valence-corrected chi connectivity index (χ0v) is 11.1. The topological polar surface area (TPSA) is 86.7 Å². The molecule has 2 saturated heterocycles. The summed E-state index contributed by atoms with van der Waals surface area (Å²) >= 11 is 0. The maximum atomic E-state index is 12.0. The number of hydrogen-bond acceptors (Lipinski definition) is 6. The highest BCUT2D eigenvalue weighted by Crippen LogP contribution is 2.69. The van der Waals surface area contributed by atoms with Crippen LogP contribution in [0, 0.1) is 47.3 Å². The molecule has 0 aromatic heterocycles. The molecule has 108 valence electrons. The first-order valence-electron chi connectivity index (χ1n) is 7.20. The Morgan fingerprint density at radius 2 is 1.24 bits per heavy atom. The summed E-state index contributed by atoms with van der Waals surface area (Å²) in [6.07, 6.45) is 2.00. The highest BCUT2D eigenvalue weighted by Gasteiger charge is 2.75. The Hall–Kier alpha value is -1.98. The van der Waals surface area contributed by atoms with Crippen LogP contribution >= 0.6 is 0 Å². The molecule has 2 saturated carbocycles. The second-order valence-corrected chi connectivity index (χ2v) is 6.75. The van der Waals surface area contributed by atoms with Crippen molar-refractivity contribution in [3.8, 4) is 0 Å². The summed E-state index contributed by atoms with van der Waals surface area (Å²) in [4.78, 5) is 47.7. The lowest BCUT2D eigenvalue weighted by Gasteiger charge is -2.60. The third-order valence-corrected chi connectivity index (χ3v) is 6.18. The van der Waals surface area contributed by atoms with Crippen LogP contribution in [0.3, 0.4) is 0 Å². The molecule has 0 aromatic rings. The molecule has 0 amide bonds. The van der Waals surface area contributed by atoms with Crippen molar-refractivity contribution in [3.63, 3.8) is 0 Å². The van der Waals surface area contributed by atoms with Gasteiger partial charge in [0.05, 0.1) is 23.7 Å². The number of cyclic esters (lactones) is 4. The fourth-order valence-electron chi connectivity index (χ4n) is 5.60. The van der Waals surface area contributed by atoms with Crippen LogP contribution in [0.2, 0.25) is 0 Å². The molecule has 6 heteroatoms. The highest BCUT2D eigenvalue weighted by atomic mass is 16.6. The minimum atomic E-state index is -0.489. The Labute approximate surface area is 119 Å². The Kier molecular flexibility index (Phi) is 1.81. The minimum Gasteiger partial charge on any atom is -0.393 e. The van der Waals surface area contributed by atoms with Crippen LogP contribution in [-0.4, -0.2) is 23.9 Å². The molecule has 6 nitrogen and oxygen atoms in total. The Balaban J connectivity index is 1.66. The molecule has 0 spiro atoms. The predicted molar refractivity (Wildman–Crippen MR) is 63.9 cm³/mol. The maximum absolute atomic E-state index is 12.0. The fraction of sp³-hybridized carbons (Fsp3) is 0.600. The van der Waals surface area contributed by atoms with Gasteiger partial charge in [-0.15, -0.1) is 0 Å². The van der Waals surface area contributed by atoms with Gasteiger partial charge in [-0.05, 0) is 30.6 Å². The maximum Gasteiger partial charge on any atom is 0.318 e. The van der Waals surface area contributed by atoms with Crippen LogP contribution in [0.25, 0.3) is 0 Å². The van der Waals surface area contributed by atoms with Crippen molar-refractivity contribution in [2.75, 3.05) is 0 Å². The van der Waals surface area contributed by atoms with E-state index < -0.39 is 47.5 Å². The summed E-state index contributed by atoms with van der Waals surface area (Å²) in [5.74, 6) is -4.27. The monoisotopic (exact) mass is 288 g/mol. The lowest BCUT2D eigenvalue weighted by atomic mass is 9.39. The Morgan fingerprint density at radius 1 is 0.714 bits per heavy atom. The van der Waals surface area contributed by atoms with Crippen LogP contribution in [0.15, 0.2) is 11.6 Å². The van der Waals surface area contributed by atoms with Gasteiger partial charge in [-0.2, -0.15) is 0 Å². The number of ether oxygens (including phenoxy) is 2. The molecule has 2 bridgehead atoms. The van der Waals surface area contributed by atoms with Crippen molar-refractivity contribution < 1.29 is 28.7 Å². The van der Waals surface area contributed by atoms with Gasteiger partial charge >= 0.3 is 23.9 Å². The standard InChI is InChI=1S/C15H12O6/c1-3-2-4-6-8(11-10(6)14(18)21-15(11)19)5(3)9-7(4)12(16)20-13(9)17/h2,4-11H,1H3/t4-,5-,6+,7-,8-,9+,10+,11-/m1/s1. The fourth-order valence-corrected chi connectivity index (χ4v) is 5.60. The zero-order valence-electron chi connectivity index (χ0n) is 11.1. The van der Waals surface area contributed by atoms with Crippen LogP contribution in [0.1, 0.15) is 6.92 Å². The summed E-state index contributed by atoms with van der Waals surface area (Å²) in [5, 5.41) is 0. The highest BCUT2D eigenvalue weighted by molar-refractivity contribution is 6.01. The molecule has 0 N–H and O–H groups in total. The van der Waals surface area contributed by atoms with Gasteiger partial charge in [-0.3, -0.25) is 19.2 Å². The molecule has 4 fully saturated rings. The normalized spacial score (nSPS) is 52.5. The molecule has 6 aliphatic rings. The van der Waals surface area contributed by atoms with Crippen molar-refractivity contribution >= 4 is 23.9 Å². The molecule has 0 aromatic carbocycles. The molecule has 21 heavy (non-hydrogen) atoms. The predicted octanol–water partition coefficient (Wildman–Crippen LogP) is 0.0699. The zero-order chi connectivity index (χ0) is 14.6. The summed E-state index contributed by atoms with van der Waals surface area (Å²) in [5.41, 5.74) is 1.03. The number of carbonyl (C=O) groups is 4. The number of fused-ring (bicyclic) bond motifs is 1. The van der Waals surface area contributed by atoms with Crippen molar-refractivity contribution in [1.82, 2.24) is 0 Å². The molecule has 6 rings (SSSR count). The van der Waals surface area contributed by atoms with E-state index in [0.717, 1.165) is 5.57 Å². The number of rotatable bonds is 0. The van der Waals surface area contributed by atoms with Crippen molar-refractivity contribution in [1.29, 1.82) is 0 Å². The number of carbonyl (C=O) groups excluding carboxylic acids is 4. The Bertz CT molecular complexity index is 676. The molecule has 0 radical (unpaired) electrons. The quantitative estimate of drug-likeness (QED) is 0.356. The van der Waals surface area contributed by atoms with Crippen LogP contribution in [-0.2, 0) is 28.7 Å². The molecule has 8 atom stereocenters. The molecule has 2 aliphatic heterocycles. The first-order valence-corrected chi connectivity index (χ1v) is 7.20. The molecular formula is C15H12O6. The van der Waals surface area contributed by atoms with E-state index in [1.54, 1.807) is 0 Å². The SMILES string of the molecule is CC1=C[C@H]2[C@H]3C(=O)OC(=O)[C@H]3[C@H]1[C@H]1[C@H]3C(=O)OC(=O)[C@H]3[C@@H]21. The largest absolute Gasteiger partial charge is 0.393 e. The number of allylic oxidation sites excluding steroid dienone is 2. The summed E-state index contributed by atoms with van der Waals surface area (Å²) in [6.45, 7) is 1.93. The van der Waals surface area contributed by atoms with Crippen LogP contribution in [0.4, 0.5) is 0 Å². The smallest absolute Gasteiger partial charge is 0.318 e. The van der Waals surface area contributed by atoms with Crippen LogP contribution < -0.4 is 0 Å². The van der Waals surface area contributed by atoms with E-state index in [9.17, 15) is 19.2 Å². The number of hydrogen-bond donors (Lipinski definition) is 0. The number of esters is 4. The molecule has 4 aliphatic carbocycles. The second-order valence-electron chi connectivity index (χ2n) is 6.75. The molecule has 2 heterocycles. The van der Waals surface area contributed by atoms with E-state index in [0.29, 0.717) is 0 Å². The van der Waals surface area contributed by atoms with Crippen molar-refractivity contribution in [2.24, 2.45) is 47.3 Å². The van der Waals surface area contributed by atoms with Crippen molar-refractivity contribution in [3.05, 3.63) is 11.6 Å². The second kappa shape index (κ2) is 3.26. The van der Waals surface area contributed by atoms with Gasteiger partial charge in [-0.25, -0.2) is 0 Å². The van der Waals surface area contributed by atoms with Crippen LogP contribution in [0.5, 0.6) is 0 Å². The van der Waals surface area contributed by atoms with E-state index in [1.165, 1.54) is 0 Å². The van der Waals surface area contributed by atoms with E-state index in [2.05, 4.69) is 0 Å². The van der Waals surface area contributed by atoms with E-state index in [-0.39, 0.29) is 23.7 Å². The van der Waals surface area contributed by atoms with Gasteiger partial charge in [-0.1, -0.05) is 11.6 Å². The first-order chi connectivity index (χ1) is 10.0. The summed E-state index contributed by atoms with van der Waals surface area (Å²) in [7, 11) is 0. The first kappa shape index (κ1) is 11.7. The van der Waals surface area contributed by atoms with Gasteiger partial charge in [0.15, 0.2) is 0 Å². The average Bonchev–Trinajstić information content (AvgIpc) is 2.79. The third-order valence-electron chi connectivity index (χ3n) is 6.18. The summed E-state index contributed by atoms with van der Waals surface area (Å²) < 4.78 is 9.60.